The van der Waals surface area contributed by atoms with Crippen LogP contribution in [0.4, 0.5) is 0 Å². The van der Waals surface area contributed by atoms with Crippen molar-refractivity contribution >= 4 is 11.9 Å². The minimum Gasteiger partial charge on any atom is -0.463 e. The highest BCUT2D eigenvalue weighted by Crippen LogP contribution is 2.21. The summed E-state index contributed by atoms with van der Waals surface area (Å²) >= 11 is 0. The van der Waals surface area contributed by atoms with Crippen molar-refractivity contribution in [3.8, 4) is 5.69 Å². The van der Waals surface area contributed by atoms with E-state index in [0.29, 0.717) is 5.56 Å². The first-order valence-corrected chi connectivity index (χ1v) is 10.0. The number of esters is 1. The molecule has 0 bridgehead atoms. The minimum atomic E-state index is -0.496. The van der Waals surface area contributed by atoms with Crippen LogP contribution in [-0.4, -0.2) is 27.8 Å². The second-order valence-corrected chi connectivity index (χ2v) is 7.57. The van der Waals surface area contributed by atoms with Gasteiger partial charge >= 0.3 is 5.97 Å². The molecule has 1 amide bonds. The van der Waals surface area contributed by atoms with E-state index in [4.69, 9.17) is 4.74 Å². The number of aromatic nitrogens is 2. The van der Waals surface area contributed by atoms with E-state index < -0.39 is 6.04 Å². The fourth-order valence-electron chi connectivity index (χ4n) is 3.23. The summed E-state index contributed by atoms with van der Waals surface area (Å²) in [7, 11) is 0. The van der Waals surface area contributed by atoms with Crippen LogP contribution in [-0.2, 0) is 9.53 Å². The zero-order valence-electron chi connectivity index (χ0n) is 17.8. The van der Waals surface area contributed by atoms with Gasteiger partial charge in [-0.05, 0) is 45.4 Å². The zero-order valence-corrected chi connectivity index (χ0v) is 17.8. The molecule has 30 heavy (non-hydrogen) atoms. The summed E-state index contributed by atoms with van der Waals surface area (Å²) in [6.45, 7) is 7.45. The molecule has 156 valence electrons. The number of aryl methyl sites for hydroxylation is 1. The molecule has 0 aliphatic rings. The third-order valence-electron chi connectivity index (χ3n) is 4.78. The van der Waals surface area contributed by atoms with E-state index in [9.17, 15) is 9.59 Å². The minimum absolute atomic E-state index is 0.0544. The number of carbonyl (C=O) groups excluding carboxylic acids is 2. The summed E-state index contributed by atoms with van der Waals surface area (Å²) in [5, 5.41) is 7.35. The standard InChI is InChI=1S/C24H27N3O3/c1-16(2)30-23(28)14-22(19-12-10-17(3)11-13-19)26-24(29)21-15-25-27(18(21)4)20-8-6-5-7-9-20/h5-13,15-16,22H,14H2,1-4H3,(H,26,29). The molecule has 1 heterocycles. The lowest BCUT2D eigenvalue weighted by atomic mass is 10.0. The third kappa shape index (κ3) is 5.14. The molecule has 1 atom stereocenters. The predicted octanol–water partition coefficient (Wildman–Crippen LogP) is 4.30. The maximum Gasteiger partial charge on any atom is 0.308 e. The van der Waals surface area contributed by atoms with Crippen molar-refractivity contribution in [1.29, 1.82) is 0 Å². The summed E-state index contributed by atoms with van der Waals surface area (Å²) in [5.41, 5.74) is 4.03. The summed E-state index contributed by atoms with van der Waals surface area (Å²) in [6.07, 6.45) is 1.40. The molecule has 0 spiro atoms. The highest BCUT2D eigenvalue weighted by Gasteiger charge is 2.23. The number of ether oxygens (including phenoxy) is 1. The Balaban J connectivity index is 1.83. The number of amides is 1. The van der Waals surface area contributed by atoms with Crippen LogP contribution in [0.25, 0.3) is 5.69 Å². The zero-order chi connectivity index (χ0) is 21.7. The van der Waals surface area contributed by atoms with Crippen molar-refractivity contribution < 1.29 is 14.3 Å². The van der Waals surface area contributed by atoms with Crippen LogP contribution in [0.3, 0.4) is 0 Å². The van der Waals surface area contributed by atoms with Gasteiger partial charge in [-0.2, -0.15) is 5.10 Å². The Labute approximate surface area is 176 Å². The Bertz CT molecular complexity index is 1010. The maximum atomic E-state index is 13.0. The van der Waals surface area contributed by atoms with Gasteiger partial charge in [-0.15, -0.1) is 0 Å². The first kappa shape index (κ1) is 21.3. The number of para-hydroxylation sites is 1. The van der Waals surface area contributed by atoms with E-state index in [1.807, 2.05) is 68.4 Å². The average Bonchev–Trinajstić information content (AvgIpc) is 3.09. The van der Waals surface area contributed by atoms with Gasteiger partial charge in [0.15, 0.2) is 0 Å². The molecule has 0 aliphatic heterocycles. The normalized spacial score (nSPS) is 11.9. The molecule has 0 saturated carbocycles. The van der Waals surface area contributed by atoms with Crippen LogP contribution in [0.15, 0.2) is 60.8 Å². The van der Waals surface area contributed by atoms with Crippen LogP contribution < -0.4 is 5.32 Å². The van der Waals surface area contributed by atoms with E-state index in [1.165, 1.54) is 0 Å². The molecule has 2 aromatic carbocycles. The number of hydrogen-bond acceptors (Lipinski definition) is 4. The first-order valence-electron chi connectivity index (χ1n) is 10.0. The Kier molecular flexibility index (Phi) is 6.67. The highest BCUT2D eigenvalue weighted by atomic mass is 16.5. The van der Waals surface area contributed by atoms with Crippen LogP contribution in [0.1, 0.15) is 53.5 Å². The number of benzene rings is 2. The Morgan fingerprint density at radius 2 is 1.70 bits per heavy atom. The molecule has 3 aromatic rings. The lowest BCUT2D eigenvalue weighted by Crippen LogP contribution is -2.31. The predicted molar refractivity (Wildman–Crippen MR) is 116 cm³/mol. The Morgan fingerprint density at radius 3 is 2.33 bits per heavy atom. The number of nitrogens with zero attached hydrogens (tertiary/aromatic N) is 2. The Hall–Kier alpha value is -3.41. The molecule has 1 unspecified atom stereocenters. The van der Waals surface area contributed by atoms with Gasteiger partial charge < -0.3 is 10.1 Å². The quantitative estimate of drug-likeness (QED) is 0.595. The van der Waals surface area contributed by atoms with E-state index >= 15 is 0 Å². The van der Waals surface area contributed by atoms with Crippen LogP contribution in [0.2, 0.25) is 0 Å². The van der Waals surface area contributed by atoms with Crippen LogP contribution >= 0.6 is 0 Å². The van der Waals surface area contributed by atoms with Crippen molar-refractivity contribution in [2.75, 3.05) is 0 Å². The molecule has 1 N–H and O–H groups in total. The molecule has 0 radical (unpaired) electrons. The molecule has 0 saturated heterocycles. The third-order valence-corrected chi connectivity index (χ3v) is 4.78. The van der Waals surface area contributed by atoms with Crippen molar-refractivity contribution in [1.82, 2.24) is 15.1 Å². The van der Waals surface area contributed by atoms with Gasteiger partial charge in [0, 0.05) is 0 Å². The van der Waals surface area contributed by atoms with Crippen molar-refractivity contribution in [2.24, 2.45) is 0 Å². The fraction of sp³-hybridized carbons (Fsp3) is 0.292. The van der Waals surface area contributed by atoms with Gasteiger partial charge in [0.05, 0.1) is 41.7 Å². The largest absolute Gasteiger partial charge is 0.463 e. The second-order valence-electron chi connectivity index (χ2n) is 7.57. The Morgan fingerprint density at radius 1 is 1.03 bits per heavy atom. The number of rotatable bonds is 7. The number of carbonyl (C=O) groups is 2. The molecular weight excluding hydrogens is 378 g/mol. The lowest BCUT2D eigenvalue weighted by molar-refractivity contribution is -0.147. The summed E-state index contributed by atoms with van der Waals surface area (Å²) < 4.78 is 7.02. The van der Waals surface area contributed by atoms with Crippen molar-refractivity contribution in [3.05, 3.63) is 83.2 Å². The molecular formula is C24H27N3O3. The van der Waals surface area contributed by atoms with E-state index in [-0.39, 0.29) is 24.4 Å². The van der Waals surface area contributed by atoms with E-state index in [2.05, 4.69) is 10.4 Å². The van der Waals surface area contributed by atoms with Crippen LogP contribution in [0.5, 0.6) is 0 Å². The second kappa shape index (κ2) is 9.39. The van der Waals surface area contributed by atoms with Gasteiger partial charge in [-0.1, -0.05) is 48.0 Å². The van der Waals surface area contributed by atoms with Gasteiger partial charge in [0.1, 0.15) is 0 Å². The summed E-state index contributed by atoms with van der Waals surface area (Å²) in [5.74, 6) is -0.634. The van der Waals surface area contributed by atoms with Crippen LogP contribution in [0, 0.1) is 13.8 Å². The number of nitrogens with one attached hydrogen (secondary N) is 1. The van der Waals surface area contributed by atoms with E-state index in [0.717, 1.165) is 22.5 Å². The SMILES string of the molecule is Cc1ccc(C(CC(=O)OC(C)C)NC(=O)c2cnn(-c3ccccc3)c2C)cc1. The smallest absolute Gasteiger partial charge is 0.308 e. The first-order chi connectivity index (χ1) is 14.3. The van der Waals surface area contributed by atoms with Gasteiger partial charge in [0.2, 0.25) is 0 Å². The molecule has 0 aliphatic carbocycles. The van der Waals surface area contributed by atoms with Gasteiger partial charge in [-0.3, -0.25) is 9.59 Å². The summed E-state index contributed by atoms with van der Waals surface area (Å²) in [6, 6.07) is 16.9. The lowest BCUT2D eigenvalue weighted by Gasteiger charge is -2.19. The van der Waals surface area contributed by atoms with Crippen molar-refractivity contribution in [3.63, 3.8) is 0 Å². The van der Waals surface area contributed by atoms with E-state index in [1.54, 1.807) is 24.7 Å². The fourth-order valence-corrected chi connectivity index (χ4v) is 3.23. The van der Waals surface area contributed by atoms with Crippen molar-refractivity contribution in [2.45, 2.75) is 46.3 Å². The summed E-state index contributed by atoms with van der Waals surface area (Å²) in [4.78, 5) is 25.3. The highest BCUT2D eigenvalue weighted by molar-refractivity contribution is 5.95. The van der Waals surface area contributed by atoms with Gasteiger partial charge in [-0.25, -0.2) is 4.68 Å². The average molecular weight is 405 g/mol. The molecule has 3 rings (SSSR count). The molecule has 6 nitrogen and oxygen atoms in total. The van der Waals surface area contributed by atoms with Gasteiger partial charge in [0.25, 0.3) is 5.91 Å². The monoisotopic (exact) mass is 405 g/mol. The molecule has 0 fully saturated rings. The molecule has 6 heteroatoms. The molecule has 1 aromatic heterocycles. The maximum absolute atomic E-state index is 13.0. The number of hydrogen-bond donors (Lipinski definition) is 1. The topological polar surface area (TPSA) is 73.2 Å².